The van der Waals surface area contributed by atoms with E-state index in [4.69, 9.17) is 16.3 Å². The molecule has 0 spiro atoms. The smallest absolute Gasteiger partial charge is 0.341 e. The molecule has 0 saturated heterocycles. The molecule has 1 amide bonds. The number of nitrogens with one attached hydrogen (secondary N) is 1. The van der Waals surface area contributed by atoms with Crippen LogP contribution in [0, 0.1) is 0 Å². The summed E-state index contributed by atoms with van der Waals surface area (Å²) in [6.07, 6.45) is 3.59. The Bertz CT molecular complexity index is 1050. The fourth-order valence-corrected chi connectivity index (χ4v) is 5.01. The summed E-state index contributed by atoms with van der Waals surface area (Å²) < 4.78 is 29.1. The van der Waals surface area contributed by atoms with Crippen molar-refractivity contribution >= 4 is 49.7 Å². The molecule has 28 heavy (non-hydrogen) atoms. The minimum absolute atomic E-state index is 0.0886. The number of nitrogens with zero attached hydrogens (tertiary/aromatic N) is 2. The summed E-state index contributed by atoms with van der Waals surface area (Å²) in [7, 11) is -3.70. The van der Waals surface area contributed by atoms with E-state index in [1.807, 2.05) is 0 Å². The lowest BCUT2D eigenvalue weighted by Crippen LogP contribution is -2.19. The number of carbonyl (C=O) groups is 2. The highest BCUT2D eigenvalue weighted by molar-refractivity contribution is 7.91. The summed E-state index contributed by atoms with van der Waals surface area (Å²) in [6.45, 7) is 3.37. The number of anilines is 1. The molecule has 0 unspecified atom stereocenters. The standard InChI is InChI=1S/C17H18ClN3O5S2/c1-3-26-16(23)12-9-6-5-7-11(9)27-15(12)21-14(22)13-10(18)8-19-17(20-13)28(24,25)4-2/h8H,3-7H2,1-2H3,(H,21,22). The van der Waals surface area contributed by atoms with Gasteiger partial charge < -0.3 is 10.1 Å². The van der Waals surface area contributed by atoms with Crippen LogP contribution in [0.25, 0.3) is 0 Å². The third kappa shape index (κ3) is 3.89. The molecule has 0 bridgehead atoms. The van der Waals surface area contributed by atoms with Crippen molar-refractivity contribution in [2.24, 2.45) is 0 Å². The maximum atomic E-state index is 12.7. The Kier molecular flexibility index (Phi) is 6.01. The normalized spacial score (nSPS) is 13.2. The number of thiophene rings is 1. The van der Waals surface area contributed by atoms with E-state index in [9.17, 15) is 18.0 Å². The van der Waals surface area contributed by atoms with E-state index in [1.54, 1.807) is 6.92 Å². The lowest BCUT2D eigenvalue weighted by Gasteiger charge is -2.09. The SMILES string of the molecule is CCOC(=O)c1c(NC(=O)c2nc(S(=O)(=O)CC)ncc2Cl)sc2c1CCC2. The van der Waals surface area contributed by atoms with Gasteiger partial charge in [0.05, 0.1) is 29.1 Å². The van der Waals surface area contributed by atoms with Crippen molar-refractivity contribution in [2.75, 3.05) is 17.7 Å². The van der Waals surface area contributed by atoms with Crippen LogP contribution >= 0.6 is 22.9 Å². The third-order valence-electron chi connectivity index (χ3n) is 4.22. The van der Waals surface area contributed by atoms with Crippen molar-refractivity contribution in [1.82, 2.24) is 9.97 Å². The van der Waals surface area contributed by atoms with Crippen LogP contribution in [-0.4, -0.2) is 42.6 Å². The van der Waals surface area contributed by atoms with Gasteiger partial charge in [0.15, 0.2) is 5.69 Å². The van der Waals surface area contributed by atoms with Crippen LogP contribution in [0.5, 0.6) is 0 Å². The van der Waals surface area contributed by atoms with E-state index < -0.39 is 26.9 Å². The first-order valence-corrected chi connectivity index (χ1v) is 11.5. The maximum absolute atomic E-state index is 12.7. The van der Waals surface area contributed by atoms with E-state index in [0.717, 1.165) is 35.9 Å². The van der Waals surface area contributed by atoms with Crippen molar-refractivity contribution in [2.45, 2.75) is 38.3 Å². The van der Waals surface area contributed by atoms with Gasteiger partial charge in [-0.1, -0.05) is 18.5 Å². The first-order chi connectivity index (χ1) is 13.3. The molecule has 8 nitrogen and oxygen atoms in total. The Hall–Kier alpha value is -2.04. The number of esters is 1. The van der Waals surface area contributed by atoms with Gasteiger partial charge in [-0.3, -0.25) is 4.79 Å². The molecule has 1 aliphatic carbocycles. The maximum Gasteiger partial charge on any atom is 0.341 e. The Morgan fingerprint density at radius 3 is 2.75 bits per heavy atom. The molecule has 3 rings (SSSR count). The summed E-state index contributed by atoms with van der Waals surface area (Å²) >= 11 is 7.32. The summed E-state index contributed by atoms with van der Waals surface area (Å²) in [6, 6.07) is 0. The first-order valence-electron chi connectivity index (χ1n) is 8.66. The molecule has 2 heterocycles. The van der Waals surface area contributed by atoms with Gasteiger partial charge in [-0.2, -0.15) is 0 Å². The molecule has 1 aliphatic rings. The number of carbonyl (C=O) groups excluding carboxylic acids is 2. The number of hydrogen-bond donors (Lipinski definition) is 1. The van der Waals surface area contributed by atoms with Crippen LogP contribution in [-0.2, 0) is 27.4 Å². The number of sulfone groups is 1. The zero-order valence-electron chi connectivity index (χ0n) is 15.2. The summed E-state index contributed by atoms with van der Waals surface area (Å²) in [5, 5.41) is 2.43. The molecule has 0 saturated carbocycles. The summed E-state index contributed by atoms with van der Waals surface area (Å²) in [5.74, 6) is -1.42. The Morgan fingerprint density at radius 1 is 1.32 bits per heavy atom. The molecule has 0 aliphatic heterocycles. The van der Waals surface area contributed by atoms with Gasteiger partial charge in [0.25, 0.3) is 5.91 Å². The molecular weight excluding hydrogens is 426 g/mol. The zero-order chi connectivity index (χ0) is 20.5. The molecular formula is C17H18ClN3O5S2. The van der Waals surface area contributed by atoms with Gasteiger partial charge in [0, 0.05) is 4.88 Å². The number of amides is 1. The Balaban J connectivity index is 1.96. The van der Waals surface area contributed by atoms with E-state index in [-0.39, 0.29) is 23.1 Å². The van der Waals surface area contributed by atoms with Gasteiger partial charge in [0.2, 0.25) is 15.0 Å². The molecule has 2 aromatic heterocycles. The van der Waals surface area contributed by atoms with Crippen molar-refractivity contribution in [3.63, 3.8) is 0 Å². The van der Waals surface area contributed by atoms with E-state index in [1.165, 1.54) is 18.3 Å². The highest BCUT2D eigenvalue weighted by Gasteiger charge is 2.29. The highest BCUT2D eigenvalue weighted by Crippen LogP contribution is 2.39. The second kappa shape index (κ2) is 8.14. The van der Waals surface area contributed by atoms with Crippen LogP contribution < -0.4 is 5.32 Å². The van der Waals surface area contributed by atoms with Crippen molar-refractivity contribution < 1.29 is 22.7 Å². The average molecular weight is 444 g/mol. The van der Waals surface area contributed by atoms with Crippen LogP contribution in [0.1, 0.15) is 51.6 Å². The largest absolute Gasteiger partial charge is 0.462 e. The summed E-state index contributed by atoms with van der Waals surface area (Å²) in [5.41, 5.74) is 0.966. The molecule has 0 atom stereocenters. The van der Waals surface area contributed by atoms with E-state index >= 15 is 0 Å². The van der Waals surface area contributed by atoms with Gasteiger partial charge in [0.1, 0.15) is 5.00 Å². The quantitative estimate of drug-likeness (QED) is 0.539. The molecule has 0 radical (unpaired) electrons. The van der Waals surface area contributed by atoms with Crippen LogP contribution in [0.15, 0.2) is 11.4 Å². The number of fused-ring (bicyclic) bond motifs is 1. The number of hydrogen-bond acceptors (Lipinski definition) is 8. The van der Waals surface area contributed by atoms with Gasteiger partial charge in [-0.15, -0.1) is 11.3 Å². The number of aromatic nitrogens is 2. The monoisotopic (exact) mass is 443 g/mol. The second-order valence-corrected chi connectivity index (χ2v) is 9.67. The van der Waals surface area contributed by atoms with Crippen molar-refractivity contribution in [1.29, 1.82) is 0 Å². The highest BCUT2D eigenvalue weighted by atomic mass is 35.5. The number of rotatable bonds is 6. The molecule has 0 fully saturated rings. The number of halogens is 1. The second-order valence-electron chi connectivity index (χ2n) is 5.99. The minimum atomic E-state index is -3.70. The Morgan fingerprint density at radius 2 is 2.07 bits per heavy atom. The lowest BCUT2D eigenvalue weighted by molar-refractivity contribution is 0.0527. The molecule has 11 heteroatoms. The molecule has 0 aromatic carbocycles. The van der Waals surface area contributed by atoms with Crippen LogP contribution in [0.3, 0.4) is 0 Å². The van der Waals surface area contributed by atoms with Crippen LogP contribution in [0.4, 0.5) is 5.00 Å². The number of ether oxygens (including phenoxy) is 1. The number of aryl methyl sites for hydroxylation is 1. The predicted octanol–water partition coefficient (Wildman–Crippen LogP) is 2.90. The molecule has 1 N–H and O–H groups in total. The van der Waals surface area contributed by atoms with Gasteiger partial charge >= 0.3 is 5.97 Å². The predicted molar refractivity (Wildman–Crippen MR) is 105 cm³/mol. The molecule has 150 valence electrons. The Labute approximate surface area is 171 Å². The van der Waals surface area contributed by atoms with Crippen LogP contribution in [0.2, 0.25) is 5.02 Å². The minimum Gasteiger partial charge on any atom is -0.462 e. The zero-order valence-corrected chi connectivity index (χ0v) is 17.6. The topological polar surface area (TPSA) is 115 Å². The fraction of sp³-hybridized carbons (Fsp3) is 0.412. The third-order valence-corrected chi connectivity index (χ3v) is 7.22. The average Bonchev–Trinajstić information content (AvgIpc) is 3.22. The first kappa shape index (κ1) is 20.7. The van der Waals surface area contributed by atoms with Gasteiger partial charge in [-0.25, -0.2) is 23.2 Å². The van der Waals surface area contributed by atoms with E-state index in [2.05, 4.69) is 15.3 Å². The lowest BCUT2D eigenvalue weighted by atomic mass is 10.1. The fourth-order valence-electron chi connectivity index (χ4n) is 2.86. The van der Waals surface area contributed by atoms with Crippen molar-refractivity contribution in [3.8, 4) is 0 Å². The summed E-state index contributed by atoms with van der Waals surface area (Å²) in [4.78, 5) is 33.7. The van der Waals surface area contributed by atoms with E-state index in [0.29, 0.717) is 10.6 Å². The van der Waals surface area contributed by atoms with Crippen molar-refractivity contribution in [3.05, 3.63) is 32.9 Å². The molecule has 2 aromatic rings. The van der Waals surface area contributed by atoms with Gasteiger partial charge in [-0.05, 0) is 31.7 Å².